The molecule has 0 unspecified atom stereocenters. The Labute approximate surface area is 207 Å². The molecule has 4 nitrogen and oxygen atoms in total. The molecule has 0 aromatic rings. The SMILES string of the molecule is CC(C)CCC[C@@H](C)[C@H]1CC[C@H]2C3=C(CC[C@]12C)[C@@]1(C)CC[C@H](OC(=O)C(C)C)C[C@@H]1C(=O)O3. The van der Waals surface area contributed by atoms with Gasteiger partial charge in [0.2, 0.25) is 0 Å². The van der Waals surface area contributed by atoms with Crippen LogP contribution in [-0.2, 0) is 19.1 Å². The molecular formula is C30H48O4. The van der Waals surface area contributed by atoms with Gasteiger partial charge in [0.25, 0.3) is 0 Å². The number of ether oxygens (including phenoxy) is 2. The number of hydrogen-bond donors (Lipinski definition) is 0. The topological polar surface area (TPSA) is 52.6 Å². The predicted molar refractivity (Wildman–Crippen MR) is 135 cm³/mol. The quantitative estimate of drug-likeness (QED) is 0.361. The molecule has 0 saturated heterocycles. The van der Waals surface area contributed by atoms with Gasteiger partial charge in [-0.25, -0.2) is 0 Å². The normalized spacial score (nSPS) is 38.3. The first-order valence-corrected chi connectivity index (χ1v) is 14.1. The monoisotopic (exact) mass is 472 g/mol. The van der Waals surface area contributed by atoms with Gasteiger partial charge in [-0.15, -0.1) is 0 Å². The third-order valence-electron chi connectivity index (χ3n) is 10.3. The Morgan fingerprint density at radius 1 is 1.03 bits per heavy atom. The van der Waals surface area contributed by atoms with E-state index in [1.54, 1.807) is 0 Å². The van der Waals surface area contributed by atoms with E-state index in [-0.39, 0.29) is 40.7 Å². The van der Waals surface area contributed by atoms with E-state index in [1.807, 2.05) is 13.8 Å². The number of esters is 2. The molecule has 2 fully saturated rings. The van der Waals surface area contributed by atoms with Crippen molar-refractivity contribution in [3.05, 3.63) is 11.3 Å². The maximum Gasteiger partial charge on any atom is 0.315 e. The van der Waals surface area contributed by atoms with Crippen LogP contribution in [0, 0.1) is 46.3 Å². The first-order valence-electron chi connectivity index (χ1n) is 14.1. The molecule has 3 aliphatic carbocycles. The Kier molecular flexibility index (Phi) is 7.29. The van der Waals surface area contributed by atoms with E-state index in [4.69, 9.17) is 9.47 Å². The summed E-state index contributed by atoms with van der Waals surface area (Å²) >= 11 is 0. The summed E-state index contributed by atoms with van der Waals surface area (Å²) in [7, 11) is 0. The van der Waals surface area contributed by atoms with Gasteiger partial charge in [-0.1, -0.05) is 67.7 Å². The Balaban J connectivity index is 1.51. The highest BCUT2D eigenvalue weighted by Crippen LogP contribution is 2.65. The molecule has 192 valence electrons. The molecule has 0 radical (unpaired) electrons. The summed E-state index contributed by atoms with van der Waals surface area (Å²) in [6.07, 6.45) is 10.8. The molecule has 0 N–H and O–H groups in total. The zero-order valence-corrected chi connectivity index (χ0v) is 22.7. The van der Waals surface area contributed by atoms with Crippen molar-refractivity contribution in [3.8, 4) is 0 Å². The average Bonchev–Trinajstić information content (AvgIpc) is 3.12. The van der Waals surface area contributed by atoms with Crippen molar-refractivity contribution in [2.24, 2.45) is 46.3 Å². The molecule has 7 atom stereocenters. The highest BCUT2D eigenvalue weighted by atomic mass is 16.5. The third-order valence-corrected chi connectivity index (χ3v) is 10.3. The van der Waals surface area contributed by atoms with Gasteiger partial charge in [0.1, 0.15) is 11.9 Å². The largest absolute Gasteiger partial charge is 0.462 e. The summed E-state index contributed by atoms with van der Waals surface area (Å²) in [5.74, 6) is 3.08. The molecule has 1 heterocycles. The molecule has 0 amide bonds. The van der Waals surface area contributed by atoms with E-state index in [0.717, 1.165) is 43.3 Å². The summed E-state index contributed by atoms with van der Waals surface area (Å²) < 4.78 is 12.0. The molecule has 2 saturated carbocycles. The van der Waals surface area contributed by atoms with Gasteiger partial charge >= 0.3 is 11.9 Å². The molecular weight excluding hydrogens is 424 g/mol. The van der Waals surface area contributed by atoms with Crippen LogP contribution < -0.4 is 0 Å². The summed E-state index contributed by atoms with van der Waals surface area (Å²) in [6, 6.07) is 0. The Morgan fingerprint density at radius 3 is 2.44 bits per heavy atom. The number of carbonyl (C=O) groups excluding carboxylic acids is 2. The Bertz CT molecular complexity index is 826. The minimum absolute atomic E-state index is 0.0794. The molecule has 1 aliphatic heterocycles. The van der Waals surface area contributed by atoms with Crippen molar-refractivity contribution in [2.75, 3.05) is 0 Å². The molecule has 0 aromatic carbocycles. The standard InChI is InChI=1S/C30H48O4/c1-18(2)9-8-10-20(5)22-11-12-23-26-24(14-16-29(22,23)6)30(7)15-13-21(33-27(31)19(3)4)17-25(30)28(32)34-26/h18-23,25H,8-17H2,1-7H3/t20-,21+,22-,23+,25-,29-,30-/m1/s1. The van der Waals surface area contributed by atoms with E-state index < -0.39 is 0 Å². The van der Waals surface area contributed by atoms with Crippen molar-refractivity contribution in [1.29, 1.82) is 0 Å². The minimum atomic E-state index is -0.193. The molecule has 0 spiro atoms. The van der Waals surface area contributed by atoms with Crippen LogP contribution in [0.3, 0.4) is 0 Å². The molecule has 34 heavy (non-hydrogen) atoms. The second-order valence-electron chi connectivity index (χ2n) is 13.3. The summed E-state index contributed by atoms with van der Waals surface area (Å²) in [5, 5.41) is 0. The highest BCUT2D eigenvalue weighted by Gasteiger charge is 2.59. The zero-order chi connectivity index (χ0) is 24.8. The molecule has 4 rings (SSSR count). The number of hydrogen-bond acceptors (Lipinski definition) is 4. The summed E-state index contributed by atoms with van der Waals surface area (Å²) in [6.45, 7) is 15.6. The van der Waals surface area contributed by atoms with E-state index >= 15 is 0 Å². The fourth-order valence-electron chi connectivity index (χ4n) is 8.05. The van der Waals surface area contributed by atoms with E-state index in [9.17, 15) is 9.59 Å². The number of allylic oxidation sites excluding steroid dienone is 2. The van der Waals surface area contributed by atoms with Crippen molar-refractivity contribution < 1.29 is 19.1 Å². The lowest BCUT2D eigenvalue weighted by Gasteiger charge is -2.53. The van der Waals surface area contributed by atoms with Gasteiger partial charge < -0.3 is 9.47 Å². The van der Waals surface area contributed by atoms with Crippen molar-refractivity contribution in [3.63, 3.8) is 0 Å². The number of fused-ring (bicyclic) bond motifs is 4. The van der Waals surface area contributed by atoms with Crippen LogP contribution in [0.5, 0.6) is 0 Å². The van der Waals surface area contributed by atoms with E-state index in [1.165, 1.54) is 37.7 Å². The molecule has 4 heteroatoms. The third kappa shape index (κ3) is 4.48. The lowest BCUT2D eigenvalue weighted by Crippen LogP contribution is -2.50. The van der Waals surface area contributed by atoms with Gasteiger partial charge in [-0.05, 0) is 73.7 Å². The average molecular weight is 473 g/mol. The fourth-order valence-corrected chi connectivity index (χ4v) is 8.05. The Morgan fingerprint density at radius 2 is 1.76 bits per heavy atom. The summed E-state index contributed by atoms with van der Waals surface area (Å²) in [5.41, 5.74) is 1.51. The molecule has 4 aliphatic rings. The van der Waals surface area contributed by atoms with Crippen LogP contribution >= 0.6 is 0 Å². The van der Waals surface area contributed by atoms with Gasteiger partial charge in [0, 0.05) is 11.3 Å². The van der Waals surface area contributed by atoms with Crippen LogP contribution in [-0.4, -0.2) is 18.0 Å². The smallest absolute Gasteiger partial charge is 0.315 e. The lowest BCUT2D eigenvalue weighted by molar-refractivity contribution is -0.168. The van der Waals surface area contributed by atoms with Gasteiger partial charge in [0.15, 0.2) is 0 Å². The first kappa shape index (κ1) is 25.8. The number of rotatable bonds is 7. The second kappa shape index (κ2) is 9.62. The minimum Gasteiger partial charge on any atom is -0.462 e. The fraction of sp³-hybridized carbons (Fsp3) is 0.867. The molecule has 0 aromatic heterocycles. The molecule has 0 bridgehead atoms. The highest BCUT2D eigenvalue weighted by molar-refractivity contribution is 5.78. The second-order valence-corrected chi connectivity index (χ2v) is 13.3. The van der Waals surface area contributed by atoms with Gasteiger partial charge in [0.05, 0.1) is 11.8 Å². The first-order chi connectivity index (χ1) is 16.0. The van der Waals surface area contributed by atoms with Crippen LogP contribution in [0.25, 0.3) is 0 Å². The van der Waals surface area contributed by atoms with E-state index in [0.29, 0.717) is 18.3 Å². The maximum atomic E-state index is 13.4. The van der Waals surface area contributed by atoms with Gasteiger partial charge in [-0.3, -0.25) is 9.59 Å². The van der Waals surface area contributed by atoms with Crippen LogP contribution in [0.4, 0.5) is 0 Å². The van der Waals surface area contributed by atoms with Crippen LogP contribution in [0.1, 0.15) is 113 Å². The Hall–Kier alpha value is -1.32. The summed E-state index contributed by atoms with van der Waals surface area (Å²) in [4.78, 5) is 25.5. The number of carbonyl (C=O) groups is 2. The zero-order valence-electron chi connectivity index (χ0n) is 22.7. The lowest BCUT2D eigenvalue weighted by atomic mass is 9.54. The maximum absolute atomic E-state index is 13.4. The van der Waals surface area contributed by atoms with Crippen molar-refractivity contribution in [2.45, 2.75) is 119 Å². The van der Waals surface area contributed by atoms with Crippen LogP contribution in [0.2, 0.25) is 0 Å². The van der Waals surface area contributed by atoms with Crippen molar-refractivity contribution >= 4 is 11.9 Å². The predicted octanol–water partition coefficient (Wildman–Crippen LogP) is 7.46. The van der Waals surface area contributed by atoms with Gasteiger partial charge in [-0.2, -0.15) is 0 Å². The van der Waals surface area contributed by atoms with Crippen molar-refractivity contribution in [1.82, 2.24) is 0 Å². The van der Waals surface area contributed by atoms with E-state index in [2.05, 4.69) is 34.6 Å². The van der Waals surface area contributed by atoms with Crippen LogP contribution in [0.15, 0.2) is 11.3 Å².